The Balaban J connectivity index is 1.86. The van der Waals surface area contributed by atoms with Crippen LogP contribution in [0.25, 0.3) is 6.08 Å². The molecule has 0 aliphatic rings. The lowest BCUT2D eigenvalue weighted by Gasteiger charge is -2.07. The minimum atomic E-state index is -0.453. The highest BCUT2D eigenvalue weighted by Crippen LogP contribution is 2.18. The number of anilines is 1. The molecule has 0 bridgehead atoms. The number of hydrogen-bond donors (Lipinski definition) is 1. The van der Waals surface area contributed by atoms with E-state index in [1.54, 1.807) is 37.5 Å². The quantitative estimate of drug-likeness (QED) is 0.267. The molecular weight excluding hydrogens is 376 g/mol. The molecule has 0 spiro atoms. The number of carbonyl (C=O) groups is 1. The number of ether oxygens (including phenoxy) is 2. The van der Waals surface area contributed by atoms with Crippen molar-refractivity contribution in [2.75, 3.05) is 19.0 Å². The van der Waals surface area contributed by atoms with Gasteiger partial charge in [0, 0.05) is 5.69 Å². The Bertz CT molecular complexity index is 849. The summed E-state index contributed by atoms with van der Waals surface area (Å²) in [5, 5.41) is 12.1. The Morgan fingerprint density at radius 1 is 0.967 bits per heavy atom. The van der Waals surface area contributed by atoms with E-state index in [1.807, 2.05) is 30.3 Å². The maximum atomic E-state index is 12.4. The average molecular weight is 407 g/mol. The van der Waals surface area contributed by atoms with Crippen molar-refractivity contribution in [1.29, 1.82) is 5.26 Å². The summed E-state index contributed by atoms with van der Waals surface area (Å²) in [6, 6.07) is 16.3. The van der Waals surface area contributed by atoms with Crippen molar-refractivity contribution >= 4 is 17.7 Å². The zero-order valence-electron chi connectivity index (χ0n) is 17.8. The summed E-state index contributed by atoms with van der Waals surface area (Å²) in [5.41, 5.74) is 1.40. The molecule has 0 saturated carbocycles. The number of methoxy groups -OCH3 is 1. The van der Waals surface area contributed by atoms with Gasteiger partial charge >= 0.3 is 0 Å². The van der Waals surface area contributed by atoms with Crippen molar-refractivity contribution < 1.29 is 14.3 Å². The van der Waals surface area contributed by atoms with Gasteiger partial charge in [-0.05, 0) is 54.5 Å². The fourth-order valence-electron chi connectivity index (χ4n) is 2.92. The molecule has 0 heterocycles. The molecule has 2 aromatic rings. The van der Waals surface area contributed by atoms with Crippen molar-refractivity contribution in [2.24, 2.45) is 0 Å². The molecule has 1 N–H and O–H groups in total. The van der Waals surface area contributed by atoms with Crippen LogP contribution in [0.4, 0.5) is 5.69 Å². The van der Waals surface area contributed by atoms with Gasteiger partial charge in [0.2, 0.25) is 0 Å². The SMILES string of the molecule is CCCCCCCCOc1ccc(C=C(C#N)C(=O)Nc2ccc(OC)cc2)cc1. The lowest BCUT2D eigenvalue weighted by Crippen LogP contribution is -2.13. The van der Waals surface area contributed by atoms with Crippen LogP contribution >= 0.6 is 0 Å². The van der Waals surface area contributed by atoms with Gasteiger partial charge in [0.15, 0.2) is 0 Å². The second-order valence-corrected chi connectivity index (χ2v) is 7.04. The van der Waals surface area contributed by atoms with Crippen LogP contribution in [0.5, 0.6) is 11.5 Å². The van der Waals surface area contributed by atoms with E-state index in [9.17, 15) is 10.1 Å². The van der Waals surface area contributed by atoms with Gasteiger partial charge in [0.05, 0.1) is 13.7 Å². The largest absolute Gasteiger partial charge is 0.497 e. The molecular formula is C25H30N2O3. The van der Waals surface area contributed by atoms with Crippen molar-refractivity contribution in [3.63, 3.8) is 0 Å². The van der Waals surface area contributed by atoms with Crippen molar-refractivity contribution in [3.05, 3.63) is 59.7 Å². The summed E-state index contributed by atoms with van der Waals surface area (Å²) in [7, 11) is 1.58. The lowest BCUT2D eigenvalue weighted by molar-refractivity contribution is -0.112. The molecule has 5 heteroatoms. The molecule has 2 aromatic carbocycles. The van der Waals surface area contributed by atoms with Gasteiger partial charge < -0.3 is 14.8 Å². The Morgan fingerprint density at radius 2 is 1.60 bits per heavy atom. The molecule has 0 aliphatic heterocycles. The van der Waals surface area contributed by atoms with Crippen LogP contribution in [0.3, 0.4) is 0 Å². The lowest BCUT2D eigenvalue weighted by atomic mass is 10.1. The van der Waals surface area contributed by atoms with Gasteiger partial charge in [-0.3, -0.25) is 4.79 Å². The smallest absolute Gasteiger partial charge is 0.266 e. The van der Waals surface area contributed by atoms with E-state index in [4.69, 9.17) is 9.47 Å². The minimum Gasteiger partial charge on any atom is -0.497 e. The van der Waals surface area contributed by atoms with Crippen LogP contribution in [-0.4, -0.2) is 19.6 Å². The predicted octanol–water partition coefficient (Wildman–Crippen LogP) is 5.98. The number of carbonyl (C=O) groups excluding carboxylic acids is 1. The summed E-state index contributed by atoms with van der Waals surface area (Å²) in [4.78, 5) is 12.4. The third-order valence-electron chi connectivity index (χ3n) is 4.67. The maximum absolute atomic E-state index is 12.4. The minimum absolute atomic E-state index is 0.0339. The second-order valence-electron chi connectivity index (χ2n) is 7.04. The van der Waals surface area contributed by atoms with Gasteiger partial charge in [-0.1, -0.05) is 51.2 Å². The second kappa shape index (κ2) is 13.1. The highest BCUT2D eigenvalue weighted by molar-refractivity contribution is 6.09. The fraction of sp³-hybridized carbons (Fsp3) is 0.360. The first-order valence-electron chi connectivity index (χ1n) is 10.5. The number of benzene rings is 2. The topological polar surface area (TPSA) is 71.3 Å². The number of nitrogens with one attached hydrogen (secondary N) is 1. The first-order chi connectivity index (χ1) is 14.7. The highest BCUT2D eigenvalue weighted by atomic mass is 16.5. The van der Waals surface area contributed by atoms with Gasteiger partial charge in [-0.2, -0.15) is 5.26 Å². The summed E-state index contributed by atoms with van der Waals surface area (Å²) in [6.07, 6.45) is 8.93. The molecule has 5 nitrogen and oxygen atoms in total. The van der Waals surface area contributed by atoms with E-state index in [0.717, 1.165) is 17.7 Å². The number of amides is 1. The average Bonchev–Trinajstić information content (AvgIpc) is 2.78. The van der Waals surface area contributed by atoms with Gasteiger partial charge in [0.25, 0.3) is 5.91 Å². The monoisotopic (exact) mass is 406 g/mol. The van der Waals surface area contributed by atoms with Gasteiger partial charge in [0.1, 0.15) is 23.1 Å². The van der Waals surface area contributed by atoms with E-state index in [-0.39, 0.29) is 5.57 Å². The summed E-state index contributed by atoms with van der Waals surface area (Å²) < 4.78 is 10.9. The molecule has 1 amide bonds. The van der Waals surface area contributed by atoms with Gasteiger partial charge in [-0.15, -0.1) is 0 Å². The number of nitrogens with zero attached hydrogens (tertiary/aromatic N) is 1. The van der Waals surface area contributed by atoms with E-state index in [1.165, 1.54) is 32.1 Å². The normalized spacial score (nSPS) is 10.9. The zero-order chi connectivity index (χ0) is 21.6. The molecule has 0 radical (unpaired) electrons. The van der Waals surface area contributed by atoms with E-state index in [2.05, 4.69) is 12.2 Å². The Morgan fingerprint density at radius 3 is 2.23 bits per heavy atom. The number of unbranched alkanes of at least 4 members (excludes halogenated alkanes) is 5. The molecule has 0 atom stereocenters. The summed E-state index contributed by atoms with van der Waals surface area (Å²) in [6.45, 7) is 2.92. The van der Waals surface area contributed by atoms with Crippen molar-refractivity contribution in [3.8, 4) is 17.6 Å². The predicted molar refractivity (Wildman–Crippen MR) is 121 cm³/mol. The van der Waals surface area contributed by atoms with E-state index >= 15 is 0 Å². The van der Waals surface area contributed by atoms with Crippen LogP contribution in [0.2, 0.25) is 0 Å². The molecule has 30 heavy (non-hydrogen) atoms. The third kappa shape index (κ3) is 8.00. The summed E-state index contributed by atoms with van der Waals surface area (Å²) in [5.74, 6) is 1.04. The highest BCUT2D eigenvalue weighted by Gasteiger charge is 2.09. The van der Waals surface area contributed by atoms with E-state index < -0.39 is 5.91 Å². The Hall–Kier alpha value is -3.26. The van der Waals surface area contributed by atoms with Crippen LogP contribution in [0, 0.1) is 11.3 Å². The number of hydrogen-bond acceptors (Lipinski definition) is 4. The van der Waals surface area contributed by atoms with Crippen LogP contribution < -0.4 is 14.8 Å². The molecule has 0 saturated heterocycles. The van der Waals surface area contributed by atoms with Crippen LogP contribution in [0.15, 0.2) is 54.1 Å². The van der Waals surface area contributed by atoms with Gasteiger partial charge in [-0.25, -0.2) is 0 Å². The number of rotatable bonds is 12. The van der Waals surface area contributed by atoms with Crippen molar-refractivity contribution in [2.45, 2.75) is 45.4 Å². The molecule has 2 rings (SSSR count). The van der Waals surface area contributed by atoms with Crippen LogP contribution in [0.1, 0.15) is 51.0 Å². The van der Waals surface area contributed by atoms with Crippen LogP contribution in [-0.2, 0) is 4.79 Å². The molecule has 0 aromatic heterocycles. The first-order valence-corrected chi connectivity index (χ1v) is 10.5. The molecule has 0 fully saturated rings. The summed E-state index contributed by atoms with van der Waals surface area (Å²) >= 11 is 0. The molecule has 0 unspecified atom stereocenters. The molecule has 158 valence electrons. The standard InChI is InChI=1S/C25H30N2O3/c1-3-4-5-6-7-8-17-30-24-13-9-20(10-14-24)18-21(19-26)25(28)27-22-11-15-23(29-2)16-12-22/h9-16,18H,3-8,17H2,1-2H3,(H,27,28). The van der Waals surface area contributed by atoms with E-state index in [0.29, 0.717) is 18.0 Å². The Kier molecular flexibility index (Phi) is 10.0. The maximum Gasteiger partial charge on any atom is 0.266 e. The zero-order valence-corrected chi connectivity index (χ0v) is 17.8. The Labute approximate surface area is 179 Å². The third-order valence-corrected chi connectivity index (χ3v) is 4.67. The van der Waals surface area contributed by atoms with Crippen molar-refractivity contribution in [1.82, 2.24) is 0 Å². The molecule has 0 aliphatic carbocycles. The number of nitriles is 1. The fourth-order valence-corrected chi connectivity index (χ4v) is 2.92. The first kappa shape index (κ1) is 23.0.